The Kier molecular flexibility index (Phi) is 11.7. The van der Waals surface area contributed by atoms with Gasteiger partial charge in [0, 0.05) is 55.8 Å². The van der Waals surface area contributed by atoms with Gasteiger partial charge in [0.05, 0.1) is 31.7 Å². The standard InChI is InChI=1S/C38H50N5O.BrH/c1-7-24-41(25-8-2)35(44)28-43(5,6)27-15-9-14-26-42-37-34-19-13-11-17-32(34)31-16-10-12-18-33(31)36(37)39-38(42)29-20-22-30(23-21-29)40(3)4;/h10-13,16-23H,7-9,14-15,24-28H2,1-6H3;1H/q+1;/p-1. The fourth-order valence-corrected chi connectivity index (χ4v) is 6.54. The van der Waals surface area contributed by atoms with Crippen LogP contribution in [0.4, 0.5) is 5.69 Å². The van der Waals surface area contributed by atoms with Crippen LogP contribution in [0, 0.1) is 0 Å². The molecule has 4 aromatic carbocycles. The number of aromatic nitrogens is 2. The summed E-state index contributed by atoms with van der Waals surface area (Å²) >= 11 is 0. The number of halogens is 1. The van der Waals surface area contributed by atoms with E-state index in [9.17, 15) is 4.79 Å². The Morgan fingerprint density at radius 3 is 1.96 bits per heavy atom. The highest BCUT2D eigenvalue weighted by atomic mass is 79.9. The molecular weight excluding hydrogens is 622 g/mol. The number of imidazole rings is 1. The number of hydrogen-bond acceptors (Lipinski definition) is 3. The van der Waals surface area contributed by atoms with Crippen LogP contribution in [0.25, 0.3) is 44.0 Å². The van der Waals surface area contributed by atoms with Gasteiger partial charge in [-0.05, 0) is 67.1 Å². The van der Waals surface area contributed by atoms with Gasteiger partial charge in [0.25, 0.3) is 5.91 Å². The molecule has 1 amide bonds. The van der Waals surface area contributed by atoms with E-state index in [0.29, 0.717) is 6.54 Å². The lowest BCUT2D eigenvalue weighted by Crippen LogP contribution is -3.00. The van der Waals surface area contributed by atoms with E-state index in [1.165, 1.54) is 32.7 Å². The number of nitrogens with zero attached hydrogens (tertiary/aromatic N) is 5. The summed E-state index contributed by atoms with van der Waals surface area (Å²) in [5.74, 6) is 1.31. The molecule has 45 heavy (non-hydrogen) atoms. The highest BCUT2D eigenvalue weighted by molar-refractivity contribution is 6.23. The van der Waals surface area contributed by atoms with Crippen LogP contribution >= 0.6 is 0 Å². The first-order valence-corrected chi connectivity index (χ1v) is 16.4. The molecule has 0 saturated heterocycles. The van der Waals surface area contributed by atoms with E-state index in [2.05, 4.69) is 124 Å². The summed E-state index contributed by atoms with van der Waals surface area (Å²) in [4.78, 5) is 22.6. The van der Waals surface area contributed by atoms with Crippen LogP contribution in [-0.4, -0.2) is 79.2 Å². The number of amides is 1. The summed E-state index contributed by atoms with van der Waals surface area (Å²) in [7, 11) is 8.55. The third kappa shape index (κ3) is 7.70. The molecule has 240 valence electrons. The summed E-state index contributed by atoms with van der Waals surface area (Å²) < 4.78 is 3.20. The van der Waals surface area contributed by atoms with Crippen molar-refractivity contribution in [3.63, 3.8) is 0 Å². The van der Waals surface area contributed by atoms with Crippen molar-refractivity contribution in [2.24, 2.45) is 0 Å². The average Bonchev–Trinajstić information content (AvgIpc) is 3.40. The minimum Gasteiger partial charge on any atom is -1.00 e. The van der Waals surface area contributed by atoms with Crippen molar-refractivity contribution in [1.82, 2.24) is 14.5 Å². The first kappa shape index (κ1) is 34.5. The zero-order chi connectivity index (χ0) is 31.3. The number of carbonyl (C=O) groups is 1. The zero-order valence-corrected chi connectivity index (χ0v) is 29.6. The average molecular weight is 673 g/mol. The molecule has 0 radical (unpaired) electrons. The van der Waals surface area contributed by atoms with Crippen LogP contribution in [0.15, 0.2) is 72.8 Å². The Morgan fingerprint density at radius 2 is 1.36 bits per heavy atom. The fourth-order valence-electron chi connectivity index (χ4n) is 6.54. The first-order valence-electron chi connectivity index (χ1n) is 16.4. The largest absolute Gasteiger partial charge is 1.00 e. The summed E-state index contributed by atoms with van der Waals surface area (Å²) in [5, 5.41) is 4.98. The van der Waals surface area contributed by atoms with Gasteiger partial charge in [-0.2, -0.15) is 0 Å². The van der Waals surface area contributed by atoms with Crippen molar-refractivity contribution in [1.29, 1.82) is 0 Å². The Morgan fingerprint density at radius 1 is 0.778 bits per heavy atom. The molecule has 0 N–H and O–H groups in total. The number of quaternary nitrogens is 1. The molecular formula is C38H50BrN5O. The molecule has 0 aliphatic carbocycles. The lowest BCUT2D eigenvalue weighted by molar-refractivity contribution is -0.883. The van der Waals surface area contributed by atoms with Crippen LogP contribution in [-0.2, 0) is 11.3 Å². The topological polar surface area (TPSA) is 41.4 Å². The molecule has 0 aliphatic rings. The van der Waals surface area contributed by atoms with E-state index in [1.54, 1.807) is 0 Å². The van der Waals surface area contributed by atoms with Gasteiger partial charge in [-0.25, -0.2) is 4.98 Å². The van der Waals surface area contributed by atoms with Gasteiger partial charge in [0.1, 0.15) is 5.82 Å². The van der Waals surface area contributed by atoms with Crippen molar-refractivity contribution in [3.05, 3.63) is 72.8 Å². The van der Waals surface area contributed by atoms with Gasteiger partial charge < -0.3 is 35.8 Å². The van der Waals surface area contributed by atoms with E-state index in [4.69, 9.17) is 4.98 Å². The van der Waals surface area contributed by atoms with Gasteiger partial charge in [0.15, 0.2) is 6.54 Å². The lowest BCUT2D eigenvalue weighted by atomic mass is 10.00. The number of benzene rings is 4. The second-order valence-corrected chi connectivity index (χ2v) is 13.1. The minimum atomic E-state index is 0. The number of fused-ring (bicyclic) bond motifs is 6. The summed E-state index contributed by atoms with van der Waals surface area (Å²) in [6, 6.07) is 26.2. The second-order valence-electron chi connectivity index (χ2n) is 13.1. The van der Waals surface area contributed by atoms with Crippen LogP contribution in [0.3, 0.4) is 0 Å². The maximum absolute atomic E-state index is 13.0. The van der Waals surface area contributed by atoms with Crippen LogP contribution in [0.2, 0.25) is 0 Å². The SMILES string of the molecule is CCCN(CCC)C(=O)C[N+](C)(C)CCCCCn1c(-c2ccc(N(C)C)cc2)nc2c3ccccc3c3ccccc3c21.[Br-]. The van der Waals surface area contributed by atoms with Gasteiger partial charge in [-0.15, -0.1) is 0 Å². The van der Waals surface area contributed by atoms with E-state index in [0.717, 1.165) is 79.7 Å². The smallest absolute Gasteiger partial charge is 0.277 e. The molecule has 0 unspecified atom stereocenters. The highest BCUT2D eigenvalue weighted by Crippen LogP contribution is 2.37. The zero-order valence-electron chi connectivity index (χ0n) is 28.0. The quantitative estimate of drug-likeness (QED) is 0.0951. The normalized spacial score (nSPS) is 11.7. The molecule has 0 spiro atoms. The van der Waals surface area contributed by atoms with E-state index >= 15 is 0 Å². The number of aryl methyl sites for hydroxylation is 1. The minimum absolute atomic E-state index is 0. The molecule has 1 heterocycles. The van der Waals surface area contributed by atoms with Crippen molar-refractivity contribution in [2.75, 3.05) is 59.3 Å². The molecule has 0 bridgehead atoms. The number of unbranched alkanes of at least 4 members (excludes halogenated alkanes) is 2. The van der Waals surface area contributed by atoms with Crippen LogP contribution in [0.1, 0.15) is 46.0 Å². The molecule has 1 aromatic heterocycles. The predicted octanol–water partition coefficient (Wildman–Crippen LogP) is 4.98. The lowest BCUT2D eigenvalue weighted by Gasteiger charge is -2.32. The molecule has 0 saturated carbocycles. The summed E-state index contributed by atoms with van der Waals surface area (Å²) in [6.07, 6.45) is 5.27. The number of anilines is 1. The van der Waals surface area contributed by atoms with Gasteiger partial charge in [0.2, 0.25) is 0 Å². The molecule has 0 aliphatic heterocycles. The Balaban J connectivity index is 0.00000461. The summed E-state index contributed by atoms with van der Waals surface area (Å²) in [6.45, 7) is 8.47. The predicted molar refractivity (Wildman–Crippen MR) is 187 cm³/mol. The Bertz CT molecular complexity index is 1720. The maximum Gasteiger partial charge on any atom is 0.277 e. The van der Waals surface area contributed by atoms with E-state index in [-0.39, 0.29) is 22.9 Å². The number of rotatable bonds is 14. The van der Waals surface area contributed by atoms with Crippen LogP contribution < -0.4 is 21.9 Å². The van der Waals surface area contributed by atoms with Crippen molar-refractivity contribution in [3.8, 4) is 11.4 Å². The maximum atomic E-state index is 13.0. The number of likely N-dealkylation sites (N-methyl/N-ethyl adjacent to an activating group) is 1. The van der Waals surface area contributed by atoms with Crippen LogP contribution in [0.5, 0.6) is 0 Å². The fraction of sp³-hybridized carbons (Fsp3) is 0.421. The second kappa shape index (κ2) is 15.2. The van der Waals surface area contributed by atoms with Crippen molar-refractivity contribution < 1.29 is 26.3 Å². The summed E-state index contributed by atoms with van der Waals surface area (Å²) in [5.41, 5.74) is 4.62. The first-order chi connectivity index (χ1) is 21.2. The van der Waals surface area contributed by atoms with Gasteiger partial charge in [-0.1, -0.05) is 62.4 Å². The molecule has 7 heteroatoms. The highest BCUT2D eigenvalue weighted by Gasteiger charge is 2.24. The number of carbonyl (C=O) groups excluding carboxylic acids is 1. The third-order valence-corrected chi connectivity index (χ3v) is 8.81. The molecule has 5 aromatic rings. The number of hydrogen-bond donors (Lipinski definition) is 0. The van der Waals surface area contributed by atoms with E-state index < -0.39 is 0 Å². The molecule has 0 atom stereocenters. The third-order valence-electron chi connectivity index (χ3n) is 8.81. The molecule has 6 nitrogen and oxygen atoms in total. The van der Waals surface area contributed by atoms with Crippen molar-refractivity contribution >= 4 is 44.2 Å². The van der Waals surface area contributed by atoms with Gasteiger partial charge in [-0.3, -0.25) is 4.79 Å². The van der Waals surface area contributed by atoms with E-state index in [1.807, 2.05) is 4.90 Å². The van der Waals surface area contributed by atoms with Gasteiger partial charge >= 0.3 is 0 Å². The Labute approximate surface area is 280 Å². The molecule has 0 fully saturated rings. The Hall–Kier alpha value is -3.42. The van der Waals surface area contributed by atoms with Crippen molar-refractivity contribution in [2.45, 2.75) is 52.5 Å². The molecule has 5 rings (SSSR count). The monoisotopic (exact) mass is 671 g/mol.